The Morgan fingerprint density at radius 3 is 3.30 bits per heavy atom. The van der Waals surface area contributed by atoms with E-state index < -0.39 is 0 Å². The highest BCUT2D eigenvalue weighted by molar-refractivity contribution is 5.01. The smallest absolute Gasteiger partial charge is 0.117 e. The van der Waals surface area contributed by atoms with Crippen molar-refractivity contribution < 1.29 is 13.9 Å². The average Bonchev–Trinajstić information content (AvgIpc) is 3.07. The lowest BCUT2D eigenvalue weighted by molar-refractivity contribution is -0.0555. The summed E-state index contributed by atoms with van der Waals surface area (Å²) in [6, 6.07) is 3.98. The van der Waals surface area contributed by atoms with Crippen LogP contribution in [0.5, 0.6) is 0 Å². The van der Waals surface area contributed by atoms with Crippen molar-refractivity contribution in [3.8, 4) is 0 Å². The van der Waals surface area contributed by atoms with Gasteiger partial charge in [0.1, 0.15) is 5.76 Å². The molecule has 0 saturated carbocycles. The van der Waals surface area contributed by atoms with Crippen molar-refractivity contribution in [2.24, 2.45) is 0 Å². The molecule has 4 nitrogen and oxygen atoms in total. The lowest BCUT2D eigenvalue weighted by Gasteiger charge is -2.39. The summed E-state index contributed by atoms with van der Waals surface area (Å²) in [6.45, 7) is 7.98. The van der Waals surface area contributed by atoms with E-state index in [-0.39, 0.29) is 11.7 Å². The van der Waals surface area contributed by atoms with Gasteiger partial charge in [-0.2, -0.15) is 0 Å². The number of hydrogen-bond donors (Lipinski definition) is 0. The maximum Gasteiger partial charge on any atom is 0.117 e. The molecule has 0 aliphatic carbocycles. The normalized spacial score (nSPS) is 30.9. The molecule has 2 aliphatic rings. The first kappa shape index (κ1) is 13.9. The number of rotatable bonds is 5. The fourth-order valence-corrected chi connectivity index (χ4v) is 3.35. The predicted molar refractivity (Wildman–Crippen MR) is 76.5 cm³/mol. The zero-order valence-corrected chi connectivity index (χ0v) is 11.9. The van der Waals surface area contributed by atoms with Crippen LogP contribution in [0.3, 0.4) is 0 Å². The van der Waals surface area contributed by atoms with Gasteiger partial charge in [-0.15, -0.1) is 6.58 Å². The first-order valence-corrected chi connectivity index (χ1v) is 7.41. The van der Waals surface area contributed by atoms with Gasteiger partial charge in [-0.3, -0.25) is 4.90 Å². The predicted octanol–water partition coefficient (Wildman–Crippen LogP) is 2.61. The second kappa shape index (κ2) is 6.12. The van der Waals surface area contributed by atoms with Crippen molar-refractivity contribution in [2.75, 3.05) is 26.3 Å². The zero-order valence-electron chi connectivity index (χ0n) is 11.9. The van der Waals surface area contributed by atoms with E-state index >= 15 is 0 Å². The number of hydrogen-bond acceptors (Lipinski definition) is 4. The molecule has 0 bridgehead atoms. The summed E-state index contributed by atoms with van der Waals surface area (Å²) in [7, 11) is 0. The summed E-state index contributed by atoms with van der Waals surface area (Å²) >= 11 is 0. The molecule has 110 valence electrons. The van der Waals surface area contributed by atoms with Crippen LogP contribution in [0, 0.1) is 0 Å². The van der Waals surface area contributed by atoms with E-state index in [1.54, 1.807) is 12.3 Å². The second-order valence-corrected chi connectivity index (χ2v) is 5.84. The molecule has 1 aromatic rings. The van der Waals surface area contributed by atoms with Gasteiger partial charge in [-0.1, -0.05) is 6.08 Å². The summed E-state index contributed by atoms with van der Waals surface area (Å²) < 4.78 is 17.3. The number of furan rings is 1. The van der Waals surface area contributed by atoms with E-state index in [0.29, 0.717) is 13.2 Å². The SMILES string of the molecule is C=CCO[C@@H]1CO[C@]2(CCCN(Cc3ccco3)C2)C1. The van der Waals surface area contributed by atoms with Crippen LogP contribution in [0.15, 0.2) is 35.5 Å². The minimum absolute atomic E-state index is 0.0172. The van der Waals surface area contributed by atoms with Gasteiger partial charge >= 0.3 is 0 Å². The van der Waals surface area contributed by atoms with Crippen LogP contribution in [0.1, 0.15) is 25.0 Å². The van der Waals surface area contributed by atoms with E-state index in [1.165, 1.54) is 6.42 Å². The third kappa shape index (κ3) is 3.14. The molecule has 4 heteroatoms. The quantitative estimate of drug-likeness (QED) is 0.775. The molecule has 0 amide bonds. The van der Waals surface area contributed by atoms with Gasteiger partial charge in [0.05, 0.1) is 37.7 Å². The lowest BCUT2D eigenvalue weighted by Crippen LogP contribution is -2.47. The van der Waals surface area contributed by atoms with Crippen molar-refractivity contribution in [3.05, 3.63) is 36.8 Å². The van der Waals surface area contributed by atoms with Gasteiger partial charge in [0.2, 0.25) is 0 Å². The Hall–Kier alpha value is -1.10. The second-order valence-electron chi connectivity index (χ2n) is 5.84. The van der Waals surface area contributed by atoms with Crippen LogP contribution in [0.2, 0.25) is 0 Å². The van der Waals surface area contributed by atoms with Crippen LogP contribution in [0.25, 0.3) is 0 Å². The summed E-state index contributed by atoms with van der Waals surface area (Å²) in [4.78, 5) is 2.43. The van der Waals surface area contributed by atoms with Crippen molar-refractivity contribution in [3.63, 3.8) is 0 Å². The first-order valence-electron chi connectivity index (χ1n) is 7.41. The van der Waals surface area contributed by atoms with Gasteiger partial charge in [0.25, 0.3) is 0 Å². The maximum absolute atomic E-state index is 6.11. The van der Waals surface area contributed by atoms with Crippen LogP contribution < -0.4 is 0 Å². The Kier molecular flexibility index (Phi) is 4.24. The van der Waals surface area contributed by atoms with Crippen molar-refractivity contribution >= 4 is 0 Å². The van der Waals surface area contributed by atoms with E-state index in [0.717, 1.165) is 38.2 Å². The molecular weight excluding hydrogens is 254 g/mol. The number of piperidine rings is 1. The van der Waals surface area contributed by atoms with E-state index in [9.17, 15) is 0 Å². The molecule has 2 aliphatic heterocycles. The van der Waals surface area contributed by atoms with Crippen LogP contribution in [-0.2, 0) is 16.0 Å². The van der Waals surface area contributed by atoms with Crippen LogP contribution in [-0.4, -0.2) is 42.9 Å². The first-order chi connectivity index (χ1) is 9.80. The lowest BCUT2D eigenvalue weighted by atomic mass is 9.89. The molecule has 0 aromatic carbocycles. The Balaban J connectivity index is 1.56. The summed E-state index contributed by atoms with van der Waals surface area (Å²) in [6.07, 6.45) is 7.06. The molecule has 20 heavy (non-hydrogen) atoms. The monoisotopic (exact) mass is 277 g/mol. The summed E-state index contributed by atoms with van der Waals surface area (Å²) in [5, 5.41) is 0. The molecule has 1 aromatic heterocycles. The minimum atomic E-state index is -0.0172. The largest absolute Gasteiger partial charge is 0.468 e. The number of ether oxygens (including phenoxy) is 2. The number of likely N-dealkylation sites (tertiary alicyclic amines) is 1. The highest BCUT2D eigenvalue weighted by Crippen LogP contribution is 2.36. The molecule has 3 rings (SSSR count). The van der Waals surface area contributed by atoms with Gasteiger partial charge in [0, 0.05) is 13.0 Å². The fraction of sp³-hybridized carbons (Fsp3) is 0.625. The van der Waals surface area contributed by atoms with Crippen molar-refractivity contribution in [1.82, 2.24) is 4.90 Å². The Morgan fingerprint density at radius 1 is 1.55 bits per heavy atom. The topological polar surface area (TPSA) is 34.8 Å². The maximum atomic E-state index is 6.11. The summed E-state index contributed by atoms with van der Waals surface area (Å²) in [5.41, 5.74) is -0.0172. The third-order valence-corrected chi connectivity index (χ3v) is 4.20. The van der Waals surface area contributed by atoms with Gasteiger partial charge < -0.3 is 13.9 Å². The zero-order chi connectivity index (χ0) is 13.8. The van der Waals surface area contributed by atoms with Crippen LogP contribution in [0.4, 0.5) is 0 Å². The third-order valence-electron chi connectivity index (χ3n) is 4.20. The molecular formula is C16H23NO3. The molecule has 0 N–H and O–H groups in total. The Morgan fingerprint density at radius 2 is 2.50 bits per heavy atom. The van der Waals surface area contributed by atoms with Gasteiger partial charge in [-0.25, -0.2) is 0 Å². The summed E-state index contributed by atoms with van der Waals surface area (Å²) in [5.74, 6) is 1.03. The average molecular weight is 277 g/mol. The Bertz CT molecular complexity index is 431. The minimum Gasteiger partial charge on any atom is -0.468 e. The van der Waals surface area contributed by atoms with E-state index in [4.69, 9.17) is 13.9 Å². The highest BCUT2D eigenvalue weighted by Gasteiger charge is 2.43. The standard InChI is InChI=1S/C16H23NO3/c1-2-8-18-15-10-16(20-12-15)6-4-7-17(13-16)11-14-5-3-9-19-14/h2-3,5,9,15H,1,4,6-8,10-13H2/t15-,16+/m0/s1. The molecule has 0 radical (unpaired) electrons. The van der Waals surface area contributed by atoms with Crippen LogP contribution >= 0.6 is 0 Å². The molecule has 3 heterocycles. The number of nitrogens with zero attached hydrogens (tertiary/aromatic N) is 1. The fourth-order valence-electron chi connectivity index (χ4n) is 3.35. The molecule has 1 spiro atoms. The molecule has 2 atom stereocenters. The highest BCUT2D eigenvalue weighted by atomic mass is 16.6. The van der Waals surface area contributed by atoms with Crippen molar-refractivity contribution in [2.45, 2.75) is 37.5 Å². The molecule has 2 fully saturated rings. The van der Waals surface area contributed by atoms with Gasteiger partial charge in [0.15, 0.2) is 0 Å². The van der Waals surface area contributed by atoms with Gasteiger partial charge in [-0.05, 0) is 31.5 Å². The van der Waals surface area contributed by atoms with E-state index in [2.05, 4.69) is 11.5 Å². The Labute approximate surface area is 120 Å². The molecule has 0 unspecified atom stereocenters. The van der Waals surface area contributed by atoms with Crippen molar-refractivity contribution in [1.29, 1.82) is 0 Å². The molecule has 2 saturated heterocycles. The van der Waals surface area contributed by atoms with E-state index in [1.807, 2.05) is 12.1 Å².